The number of hydrogen-bond donors (Lipinski definition) is 2. The Morgan fingerprint density at radius 2 is 1.43 bits per heavy atom. The molecule has 0 unspecified atom stereocenters. The number of ether oxygens (including phenoxy) is 5. The number of allylic oxidation sites excluding steroid dienone is 1. The molecule has 1 fully saturated rings. The highest BCUT2D eigenvalue weighted by molar-refractivity contribution is 5.92. The molecule has 2 N–H and O–H groups in total. The van der Waals surface area contributed by atoms with E-state index in [0.29, 0.717) is 12.8 Å². The summed E-state index contributed by atoms with van der Waals surface area (Å²) in [5, 5.41) is 25.1. The third kappa shape index (κ3) is 9.46. The molecule has 0 bridgehead atoms. The lowest BCUT2D eigenvalue weighted by Gasteiger charge is -2.43. The molecule has 2 aliphatic rings. The van der Waals surface area contributed by atoms with Crippen molar-refractivity contribution in [2.75, 3.05) is 0 Å². The van der Waals surface area contributed by atoms with Crippen molar-refractivity contribution in [1.82, 2.24) is 0 Å². The minimum Gasteiger partial charge on any atom is -0.458 e. The maximum Gasteiger partial charge on any atom is 0.338 e. The summed E-state index contributed by atoms with van der Waals surface area (Å²) in [7, 11) is 0. The molecule has 0 spiro atoms. The van der Waals surface area contributed by atoms with Gasteiger partial charge in [-0.1, -0.05) is 85.4 Å². The zero-order valence-corrected chi connectivity index (χ0v) is 33.0. The molecule has 11 atom stereocenters. The minimum atomic E-state index is -2.54. The number of Topliss-reactive ketones (excluding diaryl/α,β-unsaturated/α-hetero) is 1. The van der Waals surface area contributed by atoms with Crippen molar-refractivity contribution in [3.05, 3.63) is 60.2 Å². The number of rotatable bonds is 10. The Labute approximate surface area is 317 Å². The van der Waals surface area contributed by atoms with Crippen molar-refractivity contribution in [3.63, 3.8) is 0 Å². The monoisotopic (exact) mass is 756 g/mol. The van der Waals surface area contributed by atoms with E-state index in [1.54, 1.807) is 65.8 Å². The van der Waals surface area contributed by atoms with Crippen LogP contribution in [0.5, 0.6) is 0 Å². The molecule has 13 nitrogen and oxygen atoms in total. The van der Waals surface area contributed by atoms with E-state index in [-0.39, 0.29) is 11.1 Å². The molecular weight excluding hydrogens is 700 g/mol. The first-order valence-corrected chi connectivity index (χ1v) is 18.4. The van der Waals surface area contributed by atoms with E-state index in [0.717, 1.165) is 13.8 Å². The number of ketones is 1. The van der Waals surface area contributed by atoms with Gasteiger partial charge in [-0.05, 0) is 37.5 Å². The number of carbonyl (C=O) groups is 6. The highest BCUT2D eigenvalue weighted by atomic mass is 16.6. The summed E-state index contributed by atoms with van der Waals surface area (Å²) >= 11 is 0. The lowest BCUT2D eigenvalue weighted by molar-refractivity contribution is -0.191. The summed E-state index contributed by atoms with van der Waals surface area (Å²) in [6, 6.07) is 7.86. The van der Waals surface area contributed by atoms with E-state index in [1.807, 2.05) is 0 Å². The molecule has 3 rings (SSSR count). The average Bonchev–Trinajstić information content (AvgIpc) is 3.34. The Morgan fingerprint density at radius 3 is 1.96 bits per heavy atom. The summed E-state index contributed by atoms with van der Waals surface area (Å²) in [5.41, 5.74) is -5.95. The molecule has 1 saturated carbocycles. The summed E-state index contributed by atoms with van der Waals surface area (Å²) in [6.07, 6.45) is -5.39. The highest BCUT2D eigenvalue weighted by Gasteiger charge is 2.69. The van der Waals surface area contributed by atoms with Gasteiger partial charge in [0.05, 0.1) is 29.4 Å². The van der Waals surface area contributed by atoms with Gasteiger partial charge in [0.1, 0.15) is 11.2 Å². The van der Waals surface area contributed by atoms with Gasteiger partial charge in [-0.15, -0.1) is 0 Å². The van der Waals surface area contributed by atoms with Crippen LogP contribution in [0.4, 0.5) is 0 Å². The van der Waals surface area contributed by atoms with Gasteiger partial charge < -0.3 is 33.9 Å². The van der Waals surface area contributed by atoms with E-state index in [1.165, 1.54) is 32.1 Å². The van der Waals surface area contributed by atoms with Gasteiger partial charge in [-0.25, -0.2) is 4.79 Å². The van der Waals surface area contributed by atoms with Crippen LogP contribution in [0.25, 0.3) is 0 Å². The number of benzene rings is 1. The van der Waals surface area contributed by atoms with Crippen molar-refractivity contribution in [3.8, 4) is 0 Å². The Kier molecular flexibility index (Phi) is 14.2. The van der Waals surface area contributed by atoms with Crippen LogP contribution in [0.1, 0.15) is 98.9 Å². The van der Waals surface area contributed by atoms with Crippen LogP contribution in [0.3, 0.4) is 0 Å². The first-order valence-electron chi connectivity index (χ1n) is 18.4. The first-order chi connectivity index (χ1) is 25.0. The Morgan fingerprint density at radius 1 is 0.870 bits per heavy atom. The molecule has 1 aromatic rings. The van der Waals surface area contributed by atoms with Crippen molar-refractivity contribution >= 4 is 35.6 Å². The molecule has 0 amide bonds. The number of carbonyl (C=O) groups excluding carboxylic acids is 6. The molecule has 1 aromatic carbocycles. The van der Waals surface area contributed by atoms with Crippen LogP contribution < -0.4 is 0 Å². The Hall–Kier alpha value is -4.36. The quantitative estimate of drug-likeness (QED) is 0.188. The topological polar surface area (TPSA) is 189 Å². The summed E-state index contributed by atoms with van der Waals surface area (Å²) in [4.78, 5) is 80.6. The fourth-order valence-electron chi connectivity index (χ4n) is 7.03. The second-order valence-corrected chi connectivity index (χ2v) is 15.5. The Bertz CT molecular complexity index is 1620. The van der Waals surface area contributed by atoms with Crippen LogP contribution in [0.2, 0.25) is 0 Å². The van der Waals surface area contributed by atoms with Crippen LogP contribution in [0, 0.1) is 29.1 Å². The predicted octanol–water partition coefficient (Wildman–Crippen LogP) is 4.85. The third-order valence-electron chi connectivity index (χ3n) is 10.6. The molecule has 0 heterocycles. The standard InChI is InChI=1S/C41H56O13/c1-12-22(3)36(46)53-34-29-30(44)25(6)31(50-26(7)42)32(52-38(48)28-17-15-14-16-18-28)35(51-27(8)43)39(9,10)20-19-24(5)33(45)41(29,49)21-40(34,11)54-37(47)23(4)13-2/h14-20,22-24,29-32,34-35,44,49H,6,12-13,21H2,1-5,7-11H3/b20-19+/t22-,23-,24+,29+,30+,31+,32-,34-,35-,40-,41-/m1/s1. The molecule has 0 aromatic heterocycles. The second-order valence-electron chi connectivity index (χ2n) is 15.5. The molecule has 0 saturated heterocycles. The number of aliphatic hydroxyl groups excluding tert-OH is 1. The van der Waals surface area contributed by atoms with Gasteiger partial charge in [0.25, 0.3) is 0 Å². The lowest BCUT2D eigenvalue weighted by Crippen LogP contribution is -2.57. The summed E-state index contributed by atoms with van der Waals surface area (Å²) < 4.78 is 29.6. The van der Waals surface area contributed by atoms with Gasteiger partial charge in [0.15, 0.2) is 30.2 Å². The molecular formula is C41H56O13. The van der Waals surface area contributed by atoms with Crippen molar-refractivity contribution in [2.24, 2.45) is 29.1 Å². The van der Waals surface area contributed by atoms with E-state index in [2.05, 4.69) is 6.58 Å². The van der Waals surface area contributed by atoms with Gasteiger partial charge >= 0.3 is 29.8 Å². The van der Waals surface area contributed by atoms with Crippen molar-refractivity contribution in [1.29, 1.82) is 0 Å². The maximum atomic E-state index is 14.5. The van der Waals surface area contributed by atoms with Crippen LogP contribution >= 0.6 is 0 Å². The van der Waals surface area contributed by atoms with E-state index in [9.17, 15) is 39.0 Å². The zero-order chi connectivity index (χ0) is 40.9. The van der Waals surface area contributed by atoms with Gasteiger partial charge in [0.2, 0.25) is 0 Å². The minimum absolute atomic E-state index is 0.103. The molecule has 0 aliphatic heterocycles. The molecule has 54 heavy (non-hydrogen) atoms. The Balaban J connectivity index is 2.40. The van der Waals surface area contributed by atoms with Crippen LogP contribution in [-0.4, -0.2) is 87.6 Å². The molecule has 2 aliphatic carbocycles. The third-order valence-corrected chi connectivity index (χ3v) is 10.6. The molecule has 298 valence electrons. The predicted molar refractivity (Wildman–Crippen MR) is 195 cm³/mol. The summed E-state index contributed by atoms with van der Waals surface area (Å²) in [6.45, 7) is 19.2. The average molecular weight is 757 g/mol. The van der Waals surface area contributed by atoms with Crippen LogP contribution in [0.15, 0.2) is 54.6 Å². The van der Waals surface area contributed by atoms with Gasteiger partial charge in [0, 0.05) is 31.6 Å². The second kappa shape index (κ2) is 17.4. The molecule has 13 heteroatoms. The van der Waals surface area contributed by atoms with E-state index >= 15 is 0 Å². The largest absolute Gasteiger partial charge is 0.458 e. The van der Waals surface area contributed by atoms with Crippen molar-refractivity contribution in [2.45, 2.75) is 130 Å². The zero-order valence-electron chi connectivity index (χ0n) is 33.0. The van der Waals surface area contributed by atoms with E-state index in [4.69, 9.17) is 23.7 Å². The first kappa shape index (κ1) is 44.0. The fourth-order valence-corrected chi connectivity index (χ4v) is 7.03. The molecule has 0 radical (unpaired) electrons. The van der Waals surface area contributed by atoms with Crippen LogP contribution in [-0.2, 0) is 47.7 Å². The lowest BCUT2D eigenvalue weighted by atomic mass is 9.72. The normalized spacial score (nSPS) is 32.7. The number of aliphatic hydroxyl groups is 2. The maximum absolute atomic E-state index is 14.5. The van der Waals surface area contributed by atoms with Crippen molar-refractivity contribution < 1.29 is 62.7 Å². The van der Waals surface area contributed by atoms with Gasteiger partial charge in [-0.3, -0.25) is 24.0 Å². The fraction of sp³-hybridized carbons (Fsp3) is 0.610. The van der Waals surface area contributed by atoms with Gasteiger partial charge in [-0.2, -0.15) is 0 Å². The highest BCUT2D eigenvalue weighted by Crippen LogP contribution is 2.52. The SMILES string of the molecule is C=C1[C@H](O)[C@H]2[C@@H](OC(=O)[C@H](C)CC)[C@](C)(OC(=O)[C@H](C)CC)C[C@]2(O)C(=O)[C@@H](C)/C=C/C(C)(C)[C@H](OC(C)=O)[C@H](OC(=O)c2ccccc2)[C@H]1OC(C)=O. The van der Waals surface area contributed by atoms with E-state index < -0.39 is 113 Å². The number of fused-ring (bicyclic) bond motifs is 1. The smallest absolute Gasteiger partial charge is 0.338 e. The summed E-state index contributed by atoms with van der Waals surface area (Å²) in [5.74, 6) is -8.95. The number of esters is 5. The number of hydrogen-bond acceptors (Lipinski definition) is 13.